The maximum atomic E-state index is 2.56. The first-order valence-corrected chi connectivity index (χ1v) is 19.1. The van der Waals surface area contributed by atoms with Crippen LogP contribution < -0.4 is 0 Å². The summed E-state index contributed by atoms with van der Waals surface area (Å²) in [5, 5.41) is 0. The molecule has 126 valence electrons. The Morgan fingerprint density at radius 1 is 0.720 bits per heavy atom. The van der Waals surface area contributed by atoms with Crippen LogP contribution in [0.2, 0.25) is 8.35 Å². The van der Waals surface area contributed by atoms with Gasteiger partial charge in [0.1, 0.15) is 0 Å². The van der Waals surface area contributed by atoms with Crippen LogP contribution in [0.4, 0.5) is 0 Å². The molecule has 2 unspecified atom stereocenters. The molecular weight excluding hydrogens is 467 g/mol. The van der Waals surface area contributed by atoms with Crippen LogP contribution in [0.15, 0.2) is 59.7 Å². The minimum absolute atomic E-state index is 0.806. The van der Waals surface area contributed by atoms with Crippen LogP contribution in [0.25, 0.3) is 12.2 Å². The summed E-state index contributed by atoms with van der Waals surface area (Å²) in [7, 11) is 0. The zero-order valence-corrected chi connectivity index (χ0v) is 18.8. The van der Waals surface area contributed by atoms with E-state index in [0.29, 0.717) is 0 Å². The van der Waals surface area contributed by atoms with E-state index in [-0.39, 0.29) is 0 Å². The van der Waals surface area contributed by atoms with Crippen molar-refractivity contribution >= 4 is 12.2 Å². The quantitative estimate of drug-likeness (QED) is 0.393. The molecule has 1 heterocycles. The van der Waals surface area contributed by atoms with Crippen molar-refractivity contribution in [3.8, 4) is 0 Å². The summed E-state index contributed by atoms with van der Waals surface area (Å²) in [4.78, 5) is 0. The molecule has 0 nitrogen and oxygen atoms in total. The van der Waals surface area contributed by atoms with E-state index in [1.807, 2.05) is 0 Å². The van der Waals surface area contributed by atoms with Gasteiger partial charge < -0.3 is 0 Å². The summed E-state index contributed by atoms with van der Waals surface area (Å²) in [5.41, 5.74) is 9.95. The van der Waals surface area contributed by atoms with Crippen LogP contribution in [-0.4, -0.2) is 0 Å². The van der Waals surface area contributed by atoms with Crippen molar-refractivity contribution in [1.82, 2.24) is 0 Å². The first-order chi connectivity index (χ1) is 12.3. The summed E-state index contributed by atoms with van der Waals surface area (Å²) >= 11 is -2.71. The number of hydrogen-bond acceptors (Lipinski definition) is 0. The molecule has 0 N–H and O–H groups in total. The molecule has 25 heavy (non-hydrogen) atoms. The van der Waals surface area contributed by atoms with Crippen molar-refractivity contribution in [2.75, 3.05) is 0 Å². The van der Waals surface area contributed by atoms with Gasteiger partial charge in [-0.3, -0.25) is 0 Å². The Morgan fingerprint density at radius 2 is 1.16 bits per heavy atom. The SMILES string of the molecule is C[CH2][Hf]1([CH2]C)[CH]2C(=Cc3ccccc32)CCC2=Cc3ccccc3[CH]21. The van der Waals surface area contributed by atoms with Gasteiger partial charge in [0.2, 0.25) is 0 Å². The Kier molecular flexibility index (Phi) is 3.78. The van der Waals surface area contributed by atoms with Crippen molar-refractivity contribution in [1.29, 1.82) is 0 Å². The van der Waals surface area contributed by atoms with Crippen LogP contribution in [0, 0.1) is 0 Å². The minimum atomic E-state index is -2.71. The van der Waals surface area contributed by atoms with E-state index >= 15 is 0 Å². The van der Waals surface area contributed by atoms with Gasteiger partial charge >= 0.3 is 156 Å². The van der Waals surface area contributed by atoms with Crippen molar-refractivity contribution in [2.45, 2.75) is 42.4 Å². The zero-order chi connectivity index (χ0) is 17.0. The molecule has 5 rings (SSSR count). The Morgan fingerprint density at radius 3 is 1.60 bits per heavy atom. The second-order valence-corrected chi connectivity index (χ2v) is 26.1. The first kappa shape index (κ1) is 16.0. The van der Waals surface area contributed by atoms with E-state index in [4.69, 9.17) is 0 Å². The van der Waals surface area contributed by atoms with Crippen LogP contribution in [0.5, 0.6) is 0 Å². The monoisotopic (exact) mass is 494 g/mol. The number of benzene rings is 2. The Labute approximate surface area is 156 Å². The second-order valence-electron chi connectivity index (χ2n) is 8.00. The van der Waals surface area contributed by atoms with Gasteiger partial charge in [0.05, 0.1) is 0 Å². The van der Waals surface area contributed by atoms with Gasteiger partial charge in [-0.25, -0.2) is 0 Å². The fraction of sp³-hybridized carbons (Fsp3) is 0.333. The number of rotatable bonds is 2. The summed E-state index contributed by atoms with van der Waals surface area (Å²) in [5.74, 6) is 0. The van der Waals surface area contributed by atoms with Crippen LogP contribution in [0.3, 0.4) is 0 Å². The van der Waals surface area contributed by atoms with E-state index in [1.165, 1.54) is 32.3 Å². The zero-order valence-electron chi connectivity index (χ0n) is 15.3. The van der Waals surface area contributed by atoms with Gasteiger partial charge in [0.15, 0.2) is 0 Å². The average molecular weight is 493 g/mol. The van der Waals surface area contributed by atoms with Crippen LogP contribution in [0.1, 0.15) is 56.3 Å². The third kappa shape index (κ3) is 2.14. The summed E-state index contributed by atoms with van der Waals surface area (Å²) < 4.78 is 4.52. The average Bonchev–Trinajstić information content (AvgIpc) is 3.18. The molecule has 2 aromatic rings. The van der Waals surface area contributed by atoms with E-state index in [9.17, 15) is 0 Å². The molecule has 1 fully saturated rings. The molecule has 2 aromatic carbocycles. The van der Waals surface area contributed by atoms with E-state index in [1.54, 1.807) is 22.3 Å². The van der Waals surface area contributed by atoms with Crippen molar-refractivity contribution in [3.63, 3.8) is 0 Å². The predicted molar refractivity (Wildman–Crippen MR) is 105 cm³/mol. The van der Waals surface area contributed by atoms with Crippen LogP contribution in [-0.2, 0) is 20.0 Å². The fourth-order valence-electron chi connectivity index (χ4n) is 6.09. The number of hydrogen-bond donors (Lipinski definition) is 0. The van der Waals surface area contributed by atoms with Gasteiger partial charge in [0.25, 0.3) is 0 Å². The third-order valence-corrected chi connectivity index (χ3v) is 29.8. The molecule has 2 atom stereocenters. The Hall–Kier alpha value is -1.21. The Bertz CT molecular complexity index is 826. The maximum absolute atomic E-state index is 2.71. The first-order valence-electron chi connectivity index (χ1n) is 9.87. The topological polar surface area (TPSA) is 0 Å². The standard InChI is InChI=1S/C20H16.2C2H5.Hf/c1-2-6-18-12-15(11-17(18)5-1)9-10-16-13-19-7-3-4-8-20(19)14-16;2*1-2;/h1-8,11-14H,9-10H2;2*1H2,2H3;. The van der Waals surface area contributed by atoms with Crippen molar-refractivity contribution in [2.24, 2.45) is 0 Å². The van der Waals surface area contributed by atoms with Crippen molar-refractivity contribution in [3.05, 3.63) is 81.9 Å². The molecule has 2 aliphatic carbocycles. The third-order valence-electron chi connectivity index (χ3n) is 7.21. The van der Waals surface area contributed by atoms with Gasteiger partial charge in [0, 0.05) is 0 Å². The van der Waals surface area contributed by atoms with Gasteiger partial charge in [-0.2, -0.15) is 0 Å². The molecule has 0 spiro atoms. The molecule has 0 aromatic heterocycles. The molecule has 0 amide bonds. The number of fused-ring (bicyclic) bond motifs is 6. The molecule has 1 saturated heterocycles. The van der Waals surface area contributed by atoms with Gasteiger partial charge in [-0.1, -0.05) is 0 Å². The second kappa shape index (κ2) is 5.91. The molecule has 0 bridgehead atoms. The fourth-order valence-corrected chi connectivity index (χ4v) is 28.2. The number of allylic oxidation sites excluding steroid dienone is 2. The summed E-state index contributed by atoms with van der Waals surface area (Å²) in [6, 6.07) is 18.5. The molecular formula is C24H26Hf. The van der Waals surface area contributed by atoms with Crippen molar-refractivity contribution < 1.29 is 20.0 Å². The van der Waals surface area contributed by atoms with Gasteiger partial charge in [-0.05, 0) is 0 Å². The van der Waals surface area contributed by atoms with Crippen LogP contribution >= 0.6 is 0 Å². The summed E-state index contributed by atoms with van der Waals surface area (Å²) in [6.07, 6.45) is 7.68. The normalized spacial score (nSPS) is 25.2. The molecule has 3 aliphatic rings. The van der Waals surface area contributed by atoms with E-state index < -0.39 is 20.0 Å². The summed E-state index contributed by atoms with van der Waals surface area (Å²) in [6.45, 7) is 5.04. The van der Waals surface area contributed by atoms with Gasteiger partial charge in [-0.15, -0.1) is 0 Å². The predicted octanol–water partition coefficient (Wildman–Crippen LogP) is 7.09. The molecule has 0 saturated carbocycles. The Balaban J connectivity index is 1.76. The molecule has 1 heteroatoms. The molecule has 1 aliphatic heterocycles. The molecule has 0 radical (unpaired) electrons. The van der Waals surface area contributed by atoms with E-state index in [0.717, 1.165) is 7.35 Å². The van der Waals surface area contributed by atoms with E-state index in [2.05, 4.69) is 74.5 Å².